The van der Waals surface area contributed by atoms with Gasteiger partial charge in [0.15, 0.2) is 0 Å². The summed E-state index contributed by atoms with van der Waals surface area (Å²) in [4.78, 5) is 11.1. The molecule has 1 aliphatic rings. The first-order valence-corrected chi connectivity index (χ1v) is 5.50. The molecule has 1 saturated carbocycles. The highest BCUT2D eigenvalue weighted by Crippen LogP contribution is 2.25. The van der Waals surface area contributed by atoms with Crippen molar-refractivity contribution in [3.63, 3.8) is 0 Å². The fourth-order valence-corrected chi connectivity index (χ4v) is 2.66. The third-order valence-electron chi connectivity index (χ3n) is 2.08. The number of Topliss-reactive ketones (excluding diaryl/α,β-unsaturated/α-hetero) is 1. The van der Waals surface area contributed by atoms with E-state index in [2.05, 4.69) is 0 Å². The van der Waals surface area contributed by atoms with E-state index in [1.165, 1.54) is 6.42 Å². The van der Waals surface area contributed by atoms with E-state index in [9.17, 15) is 4.79 Å². The molecule has 1 rings (SSSR count). The minimum absolute atomic E-state index is 0.441. The van der Waals surface area contributed by atoms with Gasteiger partial charge in [-0.25, -0.2) is 0 Å². The minimum atomic E-state index is 0.441. The molecule has 1 atom stereocenters. The Morgan fingerprint density at radius 1 is 1.67 bits per heavy atom. The van der Waals surface area contributed by atoms with E-state index in [0.717, 1.165) is 31.6 Å². The lowest BCUT2D eigenvalue weighted by atomic mass is 9.99. The summed E-state index contributed by atoms with van der Waals surface area (Å²) in [5, 5.41) is 0.571. The van der Waals surface area contributed by atoms with Crippen LogP contribution in [0.2, 0.25) is 0 Å². The molecule has 0 radical (unpaired) electrons. The molecule has 1 unspecified atom stereocenters. The predicted octanol–water partition coefficient (Wildman–Crippen LogP) is 1.88. The Balaban J connectivity index is 2.10. The van der Waals surface area contributed by atoms with Gasteiger partial charge in [0, 0.05) is 31.0 Å². The van der Waals surface area contributed by atoms with Crippen molar-refractivity contribution in [2.75, 3.05) is 19.5 Å². The highest BCUT2D eigenvalue weighted by molar-refractivity contribution is 7.99. The fraction of sp³-hybridized carbons (Fsp3) is 0.889. The van der Waals surface area contributed by atoms with Crippen molar-refractivity contribution in [2.45, 2.75) is 30.9 Å². The fourth-order valence-electron chi connectivity index (χ4n) is 1.43. The molecule has 0 aliphatic heterocycles. The van der Waals surface area contributed by atoms with Crippen LogP contribution in [0.25, 0.3) is 0 Å². The molecule has 0 aromatic rings. The van der Waals surface area contributed by atoms with E-state index in [4.69, 9.17) is 4.74 Å². The van der Waals surface area contributed by atoms with E-state index >= 15 is 0 Å². The molecular weight excluding hydrogens is 172 g/mol. The average Bonchev–Trinajstić information content (AvgIpc) is 2.05. The van der Waals surface area contributed by atoms with E-state index in [1.54, 1.807) is 7.11 Å². The van der Waals surface area contributed by atoms with Crippen molar-refractivity contribution in [2.24, 2.45) is 0 Å². The molecule has 3 heteroatoms. The third kappa shape index (κ3) is 3.59. The first-order valence-electron chi connectivity index (χ1n) is 4.45. The highest BCUT2D eigenvalue weighted by atomic mass is 32.2. The molecule has 0 amide bonds. The maximum absolute atomic E-state index is 11.1. The summed E-state index contributed by atoms with van der Waals surface area (Å²) in [5.74, 6) is 1.46. The van der Waals surface area contributed by atoms with Crippen LogP contribution in [0, 0.1) is 0 Å². The average molecular weight is 188 g/mol. The maximum Gasteiger partial charge on any atom is 0.134 e. The molecule has 0 saturated heterocycles. The first-order chi connectivity index (χ1) is 5.83. The van der Waals surface area contributed by atoms with Gasteiger partial charge in [-0.15, -0.1) is 0 Å². The lowest BCUT2D eigenvalue weighted by Crippen LogP contribution is -2.17. The predicted molar refractivity (Wildman–Crippen MR) is 51.6 cm³/mol. The monoisotopic (exact) mass is 188 g/mol. The Morgan fingerprint density at radius 2 is 2.50 bits per heavy atom. The van der Waals surface area contributed by atoms with Gasteiger partial charge in [0.2, 0.25) is 0 Å². The van der Waals surface area contributed by atoms with Gasteiger partial charge in [-0.1, -0.05) is 0 Å². The molecule has 0 heterocycles. The molecule has 0 aromatic carbocycles. The number of hydrogen-bond acceptors (Lipinski definition) is 3. The van der Waals surface area contributed by atoms with E-state index < -0.39 is 0 Å². The molecule has 1 fully saturated rings. The second-order valence-electron chi connectivity index (χ2n) is 3.12. The van der Waals surface area contributed by atoms with Crippen LogP contribution in [0.5, 0.6) is 0 Å². The molecule has 0 aromatic heterocycles. The summed E-state index contributed by atoms with van der Waals surface area (Å²) in [6.45, 7) is 0.801. The van der Waals surface area contributed by atoms with Crippen LogP contribution >= 0.6 is 11.8 Å². The van der Waals surface area contributed by atoms with Gasteiger partial charge in [-0.2, -0.15) is 11.8 Å². The van der Waals surface area contributed by atoms with E-state index in [-0.39, 0.29) is 0 Å². The zero-order valence-electron chi connectivity index (χ0n) is 7.54. The van der Waals surface area contributed by atoms with Gasteiger partial charge >= 0.3 is 0 Å². The topological polar surface area (TPSA) is 26.3 Å². The molecule has 70 valence electrons. The van der Waals surface area contributed by atoms with Crippen molar-refractivity contribution in [3.8, 4) is 0 Å². The summed E-state index contributed by atoms with van der Waals surface area (Å²) in [6.07, 6.45) is 3.89. The van der Waals surface area contributed by atoms with Gasteiger partial charge in [0.05, 0.1) is 6.61 Å². The number of hydrogen-bond donors (Lipinski definition) is 0. The van der Waals surface area contributed by atoms with Crippen LogP contribution in [0.3, 0.4) is 0 Å². The number of carbonyl (C=O) groups is 1. The van der Waals surface area contributed by atoms with Crippen LogP contribution in [0.4, 0.5) is 0 Å². The smallest absolute Gasteiger partial charge is 0.134 e. The lowest BCUT2D eigenvalue weighted by Gasteiger charge is -2.19. The van der Waals surface area contributed by atoms with Crippen molar-refractivity contribution in [3.05, 3.63) is 0 Å². The molecule has 1 aliphatic carbocycles. The van der Waals surface area contributed by atoms with Crippen LogP contribution in [0.15, 0.2) is 0 Å². The second-order valence-corrected chi connectivity index (χ2v) is 4.53. The van der Waals surface area contributed by atoms with Gasteiger partial charge < -0.3 is 4.74 Å². The van der Waals surface area contributed by atoms with Crippen molar-refractivity contribution < 1.29 is 9.53 Å². The molecule has 12 heavy (non-hydrogen) atoms. The second kappa shape index (κ2) is 5.60. The Hall–Kier alpha value is -0.0200. The van der Waals surface area contributed by atoms with E-state index in [0.29, 0.717) is 11.0 Å². The summed E-state index contributed by atoms with van der Waals surface area (Å²) in [5.41, 5.74) is 0. The van der Waals surface area contributed by atoms with Gasteiger partial charge in [0.1, 0.15) is 5.78 Å². The highest BCUT2D eigenvalue weighted by Gasteiger charge is 2.18. The molecule has 0 N–H and O–H groups in total. The molecule has 0 bridgehead atoms. The van der Waals surface area contributed by atoms with Gasteiger partial charge in [-0.05, 0) is 12.8 Å². The largest absolute Gasteiger partial charge is 0.384 e. The lowest BCUT2D eigenvalue weighted by molar-refractivity contribution is -0.120. The first kappa shape index (κ1) is 10.1. The Kier molecular flexibility index (Phi) is 4.69. The summed E-state index contributed by atoms with van der Waals surface area (Å²) >= 11 is 1.88. The minimum Gasteiger partial charge on any atom is -0.384 e. The SMILES string of the molecule is COCCSC1CCCC(=O)C1. The number of carbonyl (C=O) groups excluding carboxylic acids is 1. The number of rotatable bonds is 4. The zero-order valence-corrected chi connectivity index (χ0v) is 8.36. The number of thioether (sulfide) groups is 1. The van der Waals surface area contributed by atoms with Crippen LogP contribution < -0.4 is 0 Å². The standard InChI is InChI=1S/C9H16O2S/c1-11-5-6-12-9-4-2-3-8(10)7-9/h9H,2-7H2,1H3. The summed E-state index contributed by atoms with van der Waals surface area (Å²) < 4.78 is 4.95. The maximum atomic E-state index is 11.1. The van der Waals surface area contributed by atoms with Crippen LogP contribution in [0.1, 0.15) is 25.7 Å². The number of ether oxygens (including phenoxy) is 1. The molecule has 2 nitrogen and oxygen atoms in total. The molecule has 0 spiro atoms. The Bertz CT molecular complexity index is 147. The quantitative estimate of drug-likeness (QED) is 0.630. The Labute approximate surface area is 78.1 Å². The van der Waals surface area contributed by atoms with Crippen LogP contribution in [-0.4, -0.2) is 30.5 Å². The number of ketones is 1. The zero-order chi connectivity index (χ0) is 8.81. The van der Waals surface area contributed by atoms with Gasteiger partial charge in [0.25, 0.3) is 0 Å². The van der Waals surface area contributed by atoms with Crippen LogP contribution in [-0.2, 0) is 9.53 Å². The summed E-state index contributed by atoms with van der Waals surface area (Å²) in [6, 6.07) is 0. The van der Waals surface area contributed by atoms with Crippen molar-refractivity contribution in [1.29, 1.82) is 0 Å². The Morgan fingerprint density at radius 3 is 3.17 bits per heavy atom. The van der Waals surface area contributed by atoms with Crippen molar-refractivity contribution >= 4 is 17.5 Å². The normalized spacial score (nSPS) is 24.4. The van der Waals surface area contributed by atoms with Gasteiger partial charge in [-0.3, -0.25) is 4.79 Å². The summed E-state index contributed by atoms with van der Waals surface area (Å²) in [7, 11) is 1.71. The van der Waals surface area contributed by atoms with Crippen molar-refractivity contribution in [1.82, 2.24) is 0 Å². The number of methoxy groups -OCH3 is 1. The third-order valence-corrected chi connectivity index (χ3v) is 3.35. The van der Waals surface area contributed by atoms with E-state index in [1.807, 2.05) is 11.8 Å². The molecular formula is C9H16O2S.